The molecule has 6 nitrogen and oxygen atoms in total. The van der Waals surface area contributed by atoms with Gasteiger partial charge in [-0.15, -0.1) is 0 Å². The van der Waals surface area contributed by atoms with Crippen molar-refractivity contribution in [2.45, 2.75) is 67.0 Å². The Morgan fingerprint density at radius 2 is 1.81 bits per heavy atom. The zero-order chi connectivity index (χ0) is 22.9. The van der Waals surface area contributed by atoms with Gasteiger partial charge in [-0.25, -0.2) is 4.99 Å². The van der Waals surface area contributed by atoms with Crippen molar-refractivity contribution in [3.05, 3.63) is 35.4 Å². The van der Waals surface area contributed by atoms with Gasteiger partial charge in [-0.2, -0.15) is 0 Å². The Morgan fingerprint density at radius 1 is 1.13 bits per heavy atom. The zero-order valence-corrected chi connectivity index (χ0v) is 20.3. The van der Waals surface area contributed by atoms with E-state index in [4.69, 9.17) is 9.73 Å². The summed E-state index contributed by atoms with van der Waals surface area (Å²) in [4.78, 5) is 19.1. The lowest BCUT2D eigenvalue weighted by Crippen LogP contribution is -2.47. The third kappa shape index (κ3) is 7.53. The van der Waals surface area contributed by atoms with Gasteiger partial charge >= 0.3 is 0 Å². The number of hydrogen-bond donors (Lipinski definition) is 2. The molecule has 31 heavy (non-hydrogen) atoms. The van der Waals surface area contributed by atoms with Gasteiger partial charge in [0.05, 0.1) is 12.6 Å². The predicted molar refractivity (Wildman–Crippen MR) is 128 cm³/mol. The van der Waals surface area contributed by atoms with Gasteiger partial charge in [-0.05, 0) is 56.7 Å². The third-order valence-electron chi connectivity index (χ3n) is 5.85. The molecule has 2 atom stereocenters. The lowest BCUT2D eigenvalue weighted by Gasteiger charge is -2.40. The van der Waals surface area contributed by atoms with Gasteiger partial charge in [0.25, 0.3) is 5.91 Å². The van der Waals surface area contributed by atoms with Gasteiger partial charge in [-0.1, -0.05) is 32.9 Å². The molecule has 1 aromatic rings. The fraction of sp³-hybridized carbons (Fsp3) is 0.680. The van der Waals surface area contributed by atoms with Crippen LogP contribution in [0, 0.1) is 11.3 Å². The predicted octanol–water partition coefficient (Wildman–Crippen LogP) is 4.07. The van der Waals surface area contributed by atoms with Crippen LogP contribution in [-0.4, -0.2) is 55.7 Å². The SMILES string of the molecule is CCNC(=NCc1ccc(C(=O)N(CC)CC)cc1)NCC1CCCOC1C(C)(C)C. The minimum absolute atomic E-state index is 0.0816. The smallest absolute Gasteiger partial charge is 0.253 e. The summed E-state index contributed by atoms with van der Waals surface area (Å²) in [5.41, 5.74) is 1.95. The van der Waals surface area contributed by atoms with Crippen molar-refractivity contribution in [3.8, 4) is 0 Å². The number of rotatable bonds is 8. The maximum absolute atomic E-state index is 12.5. The molecular formula is C25H42N4O2. The van der Waals surface area contributed by atoms with Crippen molar-refractivity contribution in [3.63, 3.8) is 0 Å². The first-order valence-electron chi connectivity index (χ1n) is 11.8. The van der Waals surface area contributed by atoms with E-state index < -0.39 is 0 Å². The molecule has 0 bridgehead atoms. The minimum atomic E-state index is 0.0816. The summed E-state index contributed by atoms with van der Waals surface area (Å²) in [7, 11) is 0. The molecule has 0 radical (unpaired) electrons. The second-order valence-corrected chi connectivity index (χ2v) is 9.31. The number of aliphatic imine (C=N–C) groups is 1. The van der Waals surface area contributed by atoms with Gasteiger partial charge in [-0.3, -0.25) is 4.79 Å². The highest BCUT2D eigenvalue weighted by Crippen LogP contribution is 2.33. The van der Waals surface area contributed by atoms with Gasteiger partial charge in [0.2, 0.25) is 0 Å². The molecule has 1 aliphatic rings. The Balaban J connectivity index is 1.98. The van der Waals surface area contributed by atoms with Crippen molar-refractivity contribution in [1.82, 2.24) is 15.5 Å². The van der Waals surface area contributed by atoms with Gasteiger partial charge in [0.1, 0.15) is 0 Å². The first-order chi connectivity index (χ1) is 14.8. The third-order valence-corrected chi connectivity index (χ3v) is 5.85. The highest BCUT2D eigenvalue weighted by atomic mass is 16.5. The summed E-state index contributed by atoms with van der Waals surface area (Å²) >= 11 is 0. The van der Waals surface area contributed by atoms with Crippen LogP contribution in [0.25, 0.3) is 0 Å². The summed E-state index contributed by atoms with van der Waals surface area (Å²) in [6, 6.07) is 7.79. The number of nitrogens with one attached hydrogen (secondary N) is 2. The monoisotopic (exact) mass is 430 g/mol. The summed E-state index contributed by atoms with van der Waals surface area (Å²) in [6.45, 7) is 17.4. The van der Waals surface area contributed by atoms with Crippen LogP contribution in [0.2, 0.25) is 0 Å². The van der Waals surface area contributed by atoms with Crippen LogP contribution < -0.4 is 10.6 Å². The number of nitrogens with zero attached hydrogens (tertiary/aromatic N) is 2. The maximum Gasteiger partial charge on any atom is 0.253 e. The highest BCUT2D eigenvalue weighted by molar-refractivity contribution is 5.94. The number of ether oxygens (including phenoxy) is 1. The van der Waals surface area contributed by atoms with Crippen molar-refractivity contribution < 1.29 is 9.53 Å². The molecule has 2 N–H and O–H groups in total. The summed E-state index contributed by atoms with van der Waals surface area (Å²) < 4.78 is 6.11. The van der Waals surface area contributed by atoms with Crippen LogP contribution in [0.1, 0.15) is 70.3 Å². The van der Waals surface area contributed by atoms with E-state index in [-0.39, 0.29) is 17.4 Å². The van der Waals surface area contributed by atoms with E-state index in [0.717, 1.165) is 56.3 Å². The van der Waals surface area contributed by atoms with Crippen LogP contribution in [0.4, 0.5) is 0 Å². The van der Waals surface area contributed by atoms with E-state index in [1.54, 1.807) is 0 Å². The van der Waals surface area contributed by atoms with E-state index in [1.807, 2.05) is 43.0 Å². The quantitative estimate of drug-likeness (QED) is 0.482. The molecule has 0 aromatic heterocycles. The van der Waals surface area contributed by atoms with Crippen LogP contribution in [-0.2, 0) is 11.3 Å². The molecule has 174 valence electrons. The van der Waals surface area contributed by atoms with Crippen LogP contribution in [0.5, 0.6) is 0 Å². The molecule has 0 aliphatic carbocycles. The summed E-state index contributed by atoms with van der Waals surface area (Å²) in [6.07, 6.45) is 2.55. The van der Waals surface area contributed by atoms with Crippen molar-refractivity contribution in [1.29, 1.82) is 0 Å². The fourth-order valence-corrected chi connectivity index (χ4v) is 4.20. The molecule has 2 unspecified atom stereocenters. The molecular weight excluding hydrogens is 388 g/mol. The van der Waals surface area contributed by atoms with Gasteiger partial charge in [0.15, 0.2) is 5.96 Å². The molecule has 1 aliphatic heterocycles. The van der Waals surface area contributed by atoms with Gasteiger partial charge < -0.3 is 20.3 Å². The van der Waals surface area contributed by atoms with E-state index >= 15 is 0 Å². The highest BCUT2D eigenvalue weighted by Gasteiger charge is 2.35. The Morgan fingerprint density at radius 3 is 2.39 bits per heavy atom. The molecule has 6 heteroatoms. The summed E-state index contributed by atoms with van der Waals surface area (Å²) in [5, 5.41) is 6.86. The topological polar surface area (TPSA) is 66.0 Å². The number of benzene rings is 1. The van der Waals surface area contributed by atoms with Crippen molar-refractivity contribution >= 4 is 11.9 Å². The summed E-state index contributed by atoms with van der Waals surface area (Å²) in [5.74, 6) is 1.38. The van der Waals surface area contributed by atoms with E-state index in [9.17, 15) is 4.79 Å². The number of amides is 1. The fourth-order valence-electron chi connectivity index (χ4n) is 4.20. The Hall–Kier alpha value is -2.08. The first kappa shape index (κ1) is 25.2. The molecule has 1 saturated heterocycles. The second-order valence-electron chi connectivity index (χ2n) is 9.31. The number of hydrogen-bond acceptors (Lipinski definition) is 3. The lowest BCUT2D eigenvalue weighted by molar-refractivity contribution is -0.0835. The normalized spacial score (nSPS) is 19.7. The van der Waals surface area contributed by atoms with Crippen molar-refractivity contribution in [2.24, 2.45) is 16.3 Å². The average molecular weight is 431 g/mol. The molecule has 1 aromatic carbocycles. The van der Waals surface area contributed by atoms with E-state index in [0.29, 0.717) is 12.5 Å². The molecule has 0 spiro atoms. The first-order valence-corrected chi connectivity index (χ1v) is 11.8. The lowest BCUT2D eigenvalue weighted by atomic mass is 9.78. The van der Waals surface area contributed by atoms with E-state index in [2.05, 4.69) is 38.3 Å². The van der Waals surface area contributed by atoms with Crippen LogP contribution >= 0.6 is 0 Å². The number of guanidine groups is 1. The molecule has 2 rings (SSSR count). The molecule has 1 heterocycles. The molecule has 0 saturated carbocycles. The van der Waals surface area contributed by atoms with Crippen molar-refractivity contribution in [2.75, 3.05) is 32.8 Å². The molecule has 1 fully saturated rings. The maximum atomic E-state index is 12.5. The Kier molecular flexibility index (Phi) is 9.82. The Bertz CT molecular complexity index is 705. The second kappa shape index (κ2) is 12.1. The zero-order valence-electron chi connectivity index (χ0n) is 20.3. The number of carbonyl (C=O) groups excluding carboxylic acids is 1. The average Bonchev–Trinajstić information content (AvgIpc) is 2.76. The Labute approximate surface area is 188 Å². The molecule has 1 amide bonds. The standard InChI is InChI=1S/C25H42N4O2/c1-7-26-24(28-18-21-11-10-16-31-22(21)25(4,5)6)27-17-19-12-14-20(15-13-19)23(30)29(8-2)9-3/h12-15,21-22H,7-11,16-18H2,1-6H3,(H2,26,27,28). The van der Waals surface area contributed by atoms with E-state index in [1.165, 1.54) is 6.42 Å². The van der Waals surface area contributed by atoms with Crippen LogP contribution in [0.15, 0.2) is 29.3 Å². The largest absolute Gasteiger partial charge is 0.377 e. The minimum Gasteiger partial charge on any atom is -0.377 e. The van der Waals surface area contributed by atoms with Gasteiger partial charge in [0, 0.05) is 44.3 Å². The number of carbonyl (C=O) groups is 1. The van der Waals surface area contributed by atoms with Crippen LogP contribution in [0.3, 0.4) is 0 Å².